The Morgan fingerprint density at radius 1 is 1.38 bits per heavy atom. The molecule has 1 N–H and O–H groups in total. The van der Waals surface area contributed by atoms with Crippen LogP contribution in [0.4, 0.5) is 15.9 Å². The Kier molecular flexibility index (Phi) is 4.49. The molecule has 9 heteroatoms. The second kappa shape index (κ2) is 6.15. The third-order valence-corrected chi connectivity index (χ3v) is 3.30. The average Bonchev–Trinajstić information content (AvgIpc) is 2.41. The number of nitrogens with one attached hydrogen (secondary N) is 1. The van der Waals surface area contributed by atoms with E-state index in [9.17, 15) is 19.3 Å². The SMILES string of the molecule is O=C(Nc1nc(Cl)ccc1[N+](=O)[O-])c1ccc(Br)c(F)c1. The lowest BCUT2D eigenvalue weighted by Gasteiger charge is -2.06. The van der Waals surface area contributed by atoms with Crippen molar-refractivity contribution in [3.63, 3.8) is 0 Å². The van der Waals surface area contributed by atoms with E-state index in [0.29, 0.717) is 0 Å². The number of halogens is 3. The molecular formula is C12H6BrClFN3O3. The Labute approximate surface area is 131 Å². The Hall–Kier alpha value is -2.06. The number of carbonyl (C=O) groups is 1. The topological polar surface area (TPSA) is 85.1 Å². The van der Waals surface area contributed by atoms with Crippen LogP contribution in [0, 0.1) is 15.9 Å². The number of pyridine rings is 1. The molecule has 2 aromatic rings. The zero-order valence-electron chi connectivity index (χ0n) is 10.1. The quantitative estimate of drug-likeness (QED) is 0.503. The maximum atomic E-state index is 13.4. The van der Waals surface area contributed by atoms with Gasteiger partial charge >= 0.3 is 5.69 Å². The molecule has 0 fully saturated rings. The third kappa shape index (κ3) is 3.53. The summed E-state index contributed by atoms with van der Waals surface area (Å²) in [5.74, 6) is -1.67. The monoisotopic (exact) mass is 373 g/mol. The number of amides is 1. The van der Waals surface area contributed by atoms with E-state index in [1.807, 2.05) is 0 Å². The molecule has 0 saturated carbocycles. The van der Waals surface area contributed by atoms with E-state index in [4.69, 9.17) is 11.6 Å². The van der Waals surface area contributed by atoms with Gasteiger partial charge in [-0.1, -0.05) is 11.6 Å². The van der Waals surface area contributed by atoms with Crippen molar-refractivity contribution >= 4 is 44.9 Å². The molecule has 2 rings (SSSR count). The Morgan fingerprint density at radius 2 is 2.10 bits per heavy atom. The number of aromatic nitrogens is 1. The highest BCUT2D eigenvalue weighted by molar-refractivity contribution is 9.10. The van der Waals surface area contributed by atoms with Crippen LogP contribution in [0.3, 0.4) is 0 Å². The molecule has 0 aliphatic rings. The minimum atomic E-state index is -0.737. The molecule has 1 amide bonds. The van der Waals surface area contributed by atoms with Gasteiger partial charge in [0.2, 0.25) is 5.82 Å². The van der Waals surface area contributed by atoms with E-state index in [0.717, 1.165) is 12.1 Å². The van der Waals surface area contributed by atoms with Crippen molar-refractivity contribution in [3.8, 4) is 0 Å². The predicted molar refractivity (Wildman–Crippen MR) is 78.0 cm³/mol. The zero-order valence-corrected chi connectivity index (χ0v) is 12.5. The number of carbonyl (C=O) groups excluding carboxylic acids is 1. The number of hydrogen-bond acceptors (Lipinski definition) is 4. The summed E-state index contributed by atoms with van der Waals surface area (Å²) < 4.78 is 13.6. The molecule has 108 valence electrons. The number of benzene rings is 1. The molecule has 0 bridgehead atoms. The lowest BCUT2D eigenvalue weighted by atomic mass is 10.2. The van der Waals surface area contributed by atoms with Crippen molar-refractivity contribution in [1.82, 2.24) is 4.98 Å². The summed E-state index contributed by atoms with van der Waals surface area (Å²) in [7, 11) is 0. The second-order valence-corrected chi connectivity index (χ2v) is 5.08. The summed E-state index contributed by atoms with van der Waals surface area (Å²) in [6.07, 6.45) is 0. The molecule has 0 radical (unpaired) electrons. The molecule has 6 nitrogen and oxygen atoms in total. The van der Waals surface area contributed by atoms with Crippen LogP contribution in [0.5, 0.6) is 0 Å². The van der Waals surface area contributed by atoms with Gasteiger partial charge in [-0.3, -0.25) is 14.9 Å². The number of nitro groups is 1. The summed E-state index contributed by atoms with van der Waals surface area (Å²) in [6, 6.07) is 6.06. The summed E-state index contributed by atoms with van der Waals surface area (Å²) in [6.45, 7) is 0. The van der Waals surface area contributed by atoms with Gasteiger partial charge in [-0.15, -0.1) is 0 Å². The Balaban J connectivity index is 2.33. The zero-order chi connectivity index (χ0) is 15.6. The molecule has 0 atom stereocenters. The molecule has 0 aliphatic heterocycles. The van der Waals surface area contributed by atoms with Gasteiger partial charge in [0.05, 0.1) is 9.40 Å². The molecule has 1 heterocycles. The number of nitrogens with zero attached hydrogens (tertiary/aromatic N) is 2. The maximum Gasteiger partial charge on any atom is 0.311 e. The third-order valence-electron chi connectivity index (χ3n) is 2.45. The second-order valence-electron chi connectivity index (χ2n) is 3.84. The van der Waals surface area contributed by atoms with Crippen LogP contribution in [0.1, 0.15) is 10.4 Å². The average molecular weight is 375 g/mol. The van der Waals surface area contributed by atoms with E-state index in [1.165, 1.54) is 18.2 Å². The molecule has 1 aromatic carbocycles. The Bertz CT molecular complexity index is 742. The van der Waals surface area contributed by atoms with Gasteiger partial charge in [0.15, 0.2) is 0 Å². The van der Waals surface area contributed by atoms with E-state index in [-0.39, 0.29) is 21.0 Å². The molecular weight excluding hydrogens is 369 g/mol. The molecule has 21 heavy (non-hydrogen) atoms. The molecule has 0 aliphatic carbocycles. The van der Waals surface area contributed by atoms with Gasteiger partial charge in [-0.25, -0.2) is 9.37 Å². The van der Waals surface area contributed by atoms with Crippen molar-refractivity contribution in [2.75, 3.05) is 5.32 Å². The molecule has 0 saturated heterocycles. The lowest BCUT2D eigenvalue weighted by molar-refractivity contribution is -0.384. The highest BCUT2D eigenvalue weighted by Gasteiger charge is 2.19. The summed E-state index contributed by atoms with van der Waals surface area (Å²) in [5.41, 5.74) is -0.419. The van der Waals surface area contributed by atoms with Crippen LogP contribution in [-0.2, 0) is 0 Å². The maximum absolute atomic E-state index is 13.4. The van der Waals surface area contributed by atoms with Crippen molar-refractivity contribution in [2.24, 2.45) is 0 Å². The van der Waals surface area contributed by atoms with Gasteiger partial charge in [-0.2, -0.15) is 0 Å². The minimum absolute atomic E-state index is 0.00762. The molecule has 0 spiro atoms. The summed E-state index contributed by atoms with van der Waals surface area (Å²) >= 11 is 8.61. The van der Waals surface area contributed by atoms with Crippen molar-refractivity contribution < 1.29 is 14.1 Å². The van der Waals surface area contributed by atoms with Crippen LogP contribution in [0.15, 0.2) is 34.8 Å². The van der Waals surface area contributed by atoms with E-state index in [1.54, 1.807) is 0 Å². The first-order chi connectivity index (χ1) is 9.88. The van der Waals surface area contributed by atoms with Gasteiger partial charge in [-0.05, 0) is 40.2 Å². The predicted octanol–water partition coefficient (Wildman–Crippen LogP) is 3.80. The van der Waals surface area contributed by atoms with Gasteiger partial charge in [0.25, 0.3) is 5.91 Å². The fourth-order valence-electron chi connectivity index (χ4n) is 1.48. The lowest BCUT2D eigenvalue weighted by Crippen LogP contribution is -2.14. The van der Waals surface area contributed by atoms with E-state index in [2.05, 4.69) is 26.2 Å². The first-order valence-electron chi connectivity index (χ1n) is 5.46. The van der Waals surface area contributed by atoms with Crippen LogP contribution in [0.2, 0.25) is 5.15 Å². The molecule has 1 aromatic heterocycles. The molecule has 0 unspecified atom stereocenters. The number of rotatable bonds is 3. The van der Waals surface area contributed by atoms with Crippen LogP contribution in [0.25, 0.3) is 0 Å². The summed E-state index contributed by atoms with van der Waals surface area (Å²) in [4.78, 5) is 25.8. The Morgan fingerprint density at radius 3 is 2.71 bits per heavy atom. The first-order valence-corrected chi connectivity index (χ1v) is 6.63. The highest BCUT2D eigenvalue weighted by atomic mass is 79.9. The fraction of sp³-hybridized carbons (Fsp3) is 0. The van der Waals surface area contributed by atoms with Crippen LogP contribution in [-0.4, -0.2) is 15.8 Å². The fourth-order valence-corrected chi connectivity index (χ4v) is 1.88. The van der Waals surface area contributed by atoms with Gasteiger partial charge in [0, 0.05) is 11.6 Å². The normalized spacial score (nSPS) is 10.2. The highest BCUT2D eigenvalue weighted by Crippen LogP contribution is 2.25. The van der Waals surface area contributed by atoms with E-state index < -0.39 is 22.3 Å². The van der Waals surface area contributed by atoms with Crippen molar-refractivity contribution in [2.45, 2.75) is 0 Å². The standard InChI is InChI=1S/C12H6BrClFN3O3/c13-7-2-1-6(5-8(7)15)12(19)17-11-9(18(20)21)3-4-10(14)16-11/h1-5H,(H,16,17,19). The van der Waals surface area contributed by atoms with E-state index >= 15 is 0 Å². The largest absolute Gasteiger partial charge is 0.311 e. The van der Waals surface area contributed by atoms with Crippen molar-refractivity contribution in [3.05, 3.63) is 61.5 Å². The number of anilines is 1. The first kappa shape index (κ1) is 15.3. The minimum Gasteiger partial charge on any atom is -0.301 e. The van der Waals surface area contributed by atoms with Gasteiger partial charge in [0.1, 0.15) is 11.0 Å². The number of hydrogen-bond donors (Lipinski definition) is 1. The van der Waals surface area contributed by atoms with Crippen LogP contribution >= 0.6 is 27.5 Å². The van der Waals surface area contributed by atoms with Crippen LogP contribution < -0.4 is 5.32 Å². The van der Waals surface area contributed by atoms with Gasteiger partial charge < -0.3 is 5.32 Å². The van der Waals surface area contributed by atoms with Crippen molar-refractivity contribution in [1.29, 1.82) is 0 Å². The summed E-state index contributed by atoms with van der Waals surface area (Å²) in [5, 5.41) is 13.1. The smallest absolute Gasteiger partial charge is 0.301 e.